The predicted octanol–water partition coefficient (Wildman–Crippen LogP) is 3.28. The van der Waals surface area contributed by atoms with Gasteiger partial charge in [-0.3, -0.25) is 9.10 Å². The Hall–Kier alpha value is -2.59. The maximum atomic E-state index is 12.6. The first-order chi connectivity index (χ1) is 15.2. The predicted molar refractivity (Wildman–Crippen MR) is 122 cm³/mol. The molecule has 1 aliphatic heterocycles. The van der Waals surface area contributed by atoms with Crippen LogP contribution in [0.25, 0.3) is 0 Å². The van der Waals surface area contributed by atoms with Gasteiger partial charge in [0, 0.05) is 19.1 Å². The summed E-state index contributed by atoms with van der Waals surface area (Å²) in [5.41, 5.74) is 0.462. The van der Waals surface area contributed by atoms with Crippen LogP contribution in [-0.4, -0.2) is 57.5 Å². The number of piperidine rings is 1. The van der Waals surface area contributed by atoms with Crippen molar-refractivity contribution in [2.75, 3.05) is 24.6 Å². The number of nitrogens with zero attached hydrogens (tertiary/aromatic N) is 2. The van der Waals surface area contributed by atoms with E-state index < -0.39 is 16.0 Å². The standard InChI is InChI=1S/C22H28N2O6S2/c1-16-6-4-7-17(2)24(16)20(25)14-30-21(26)15-29-19-11-9-18(10-12-19)23(3)32(27,28)22-8-5-13-31-22/h5,8-13,16-17H,4,6-7,14-15H2,1-3H3/t16-,17-/m0/s1. The molecule has 0 bridgehead atoms. The molecule has 0 radical (unpaired) electrons. The van der Waals surface area contributed by atoms with Crippen LogP contribution in [0.15, 0.2) is 46.0 Å². The minimum absolute atomic E-state index is 0.140. The summed E-state index contributed by atoms with van der Waals surface area (Å²) in [5, 5.41) is 1.71. The van der Waals surface area contributed by atoms with Gasteiger partial charge < -0.3 is 14.4 Å². The number of ether oxygens (including phenoxy) is 2. The van der Waals surface area contributed by atoms with Gasteiger partial charge in [-0.1, -0.05) is 6.07 Å². The number of esters is 1. The van der Waals surface area contributed by atoms with Gasteiger partial charge >= 0.3 is 5.97 Å². The molecule has 10 heteroatoms. The minimum Gasteiger partial charge on any atom is -0.482 e. The minimum atomic E-state index is -3.62. The van der Waals surface area contributed by atoms with Crippen molar-refractivity contribution in [3.63, 3.8) is 0 Å². The molecule has 1 amide bonds. The van der Waals surface area contributed by atoms with E-state index in [9.17, 15) is 18.0 Å². The number of hydrogen-bond donors (Lipinski definition) is 0. The third-order valence-corrected chi connectivity index (χ3v) is 8.66. The second-order valence-electron chi connectivity index (χ2n) is 7.78. The SMILES string of the molecule is C[C@H]1CCC[C@H](C)N1C(=O)COC(=O)COc1ccc(N(C)S(=O)(=O)c2cccs2)cc1. The van der Waals surface area contributed by atoms with Crippen molar-refractivity contribution in [3.8, 4) is 5.75 Å². The fourth-order valence-electron chi connectivity index (χ4n) is 3.75. The van der Waals surface area contributed by atoms with Crippen LogP contribution in [0.3, 0.4) is 0 Å². The molecule has 1 aliphatic rings. The van der Waals surface area contributed by atoms with Gasteiger partial charge in [0.1, 0.15) is 9.96 Å². The second-order valence-corrected chi connectivity index (χ2v) is 10.9. The molecule has 2 aromatic rings. The van der Waals surface area contributed by atoms with Crippen molar-refractivity contribution >= 4 is 38.9 Å². The molecule has 2 atom stereocenters. The molecule has 2 heterocycles. The molecule has 1 fully saturated rings. The van der Waals surface area contributed by atoms with Gasteiger partial charge in [0.15, 0.2) is 13.2 Å². The van der Waals surface area contributed by atoms with Gasteiger partial charge in [0.2, 0.25) is 0 Å². The summed E-state index contributed by atoms with van der Waals surface area (Å²) in [6.07, 6.45) is 2.99. The Labute approximate surface area is 192 Å². The molecule has 174 valence electrons. The number of benzene rings is 1. The zero-order chi connectivity index (χ0) is 23.3. The Morgan fingerprint density at radius 1 is 1.09 bits per heavy atom. The molecule has 0 N–H and O–H groups in total. The number of sulfonamides is 1. The van der Waals surface area contributed by atoms with Gasteiger partial charge in [0.05, 0.1) is 5.69 Å². The quantitative estimate of drug-likeness (QED) is 0.539. The topological polar surface area (TPSA) is 93.2 Å². The van der Waals surface area contributed by atoms with Gasteiger partial charge in [-0.2, -0.15) is 0 Å². The van der Waals surface area contributed by atoms with E-state index in [-0.39, 0.29) is 35.4 Å². The number of hydrogen-bond acceptors (Lipinski definition) is 7. The lowest BCUT2D eigenvalue weighted by Crippen LogP contribution is -2.49. The molecule has 1 aromatic heterocycles. The van der Waals surface area contributed by atoms with E-state index in [0.717, 1.165) is 30.6 Å². The Morgan fingerprint density at radius 2 is 1.75 bits per heavy atom. The van der Waals surface area contributed by atoms with E-state index in [4.69, 9.17) is 9.47 Å². The lowest BCUT2D eigenvalue weighted by atomic mass is 9.97. The van der Waals surface area contributed by atoms with Gasteiger partial charge in [-0.25, -0.2) is 13.2 Å². The highest BCUT2D eigenvalue weighted by molar-refractivity contribution is 7.94. The van der Waals surface area contributed by atoms with E-state index >= 15 is 0 Å². The number of carbonyl (C=O) groups is 2. The Kier molecular flexibility index (Phi) is 7.78. The molecule has 0 unspecified atom stereocenters. The Bertz CT molecular complexity index is 1010. The van der Waals surface area contributed by atoms with Crippen molar-refractivity contribution < 1.29 is 27.5 Å². The summed E-state index contributed by atoms with van der Waals surface area (Å²) in [6.45, 7) is 3.36. The number of rotatable bonds is 8. The van der Waals surface area contributed by atoms with Crippen LogP contribution in [0, 0.1) is 0 Å². The lowest BCUT2D eigenvalue weighted by Gasteiger charge is -2.38. The zero-order valence-electron chi connectivity index (χ0n) is 18.4. The van der Waals surface area contributed by atoms with Gasteiger partial charge in [0.25, 0.3) is 15.9 Å². The summed E-state index contributed by atoms with van der Waals surface area (Å²) >= 11 is 1.15. The van der Waals surface area contributed by atoms with Crippen molar-refractivity contribution in [2.45, 2.75) is 49.4 Å². The van der Waals surface area contributed by atoms with Crippen LogP contribution in [0.1, 0.15) is 33.1 Å². The third-order valence-electron chi connectivity index (χ3n) is 5.51. The average Bonchev–Trinajstić information content (AvgIpc) is 3.32. The molecule has 0 spiro atoms. The number of carbonyl (C=O) groups excluding carboxylic acids is 2. The van der Waals surface area contributed by atoms with Crippen LogP contribution in [-0.2, 0) is 24.3 Å². The summed E-state index contributed by atoms with van der Waals surface area (Å²) in [4.78, 5) is 26.2. The molecule has 1 aromatic carbocycles. The molecule has 0 aliphatic carbocycles. The Balaban J connectivity index is 1.48. The summed E-state index contributed by atoms with van der Waals surface area (Å²) < 4.78 is 37.1. The van der Waals surface area contributed by atoms with Crippen LogP contribution >= 0.6 is 11.3 Å². The first-order valence-corrected chi connectivity index (χ1v) is 12.7. The highest BCUT2D eigenvalue weighted by Crippen LogP contribution is 2.26. The normalized spacial score (nSPS) is 18.8. The smallest absolute Gasteiger partial charge is 0.344 e. The average molecular weight is 481 g/mol. The van der Waals surface area contributed by atoms with E-state index in [0.29, 0.717) is 11.4 Å². The molecule has 8 nitrogen and oxygen atoms in total. The number of amides is 1. The van der Waals surface area contributed by atoms with Crippen LogP contribution in [0.2, 0.25) is 0 Å². The van der Waals surface area contributed by atoms with Gasteiger partial charge in [-0.15, -0.1) is 11.3 Å². The molecule has 32 heavy (non-hydrogen) atoms. The van der Waals surface area contributed by atoms with Crippen molar-refractivity contribution in [1.82, 2.24) is 4.90 Å². The number of anilines is 1. The van der Waals surface area contributed by atoms with Crippen molar-refractivity contribution in [1.29, 1.82) is 0 Å². The fourth-order valence-corrected chi connectivity index (χ4v) is 6.11. The first kappa shape index (κ1) is 24.1. The van der Waals surface area contributed by atoms with E-state index in [1.165, 1.54) is 11.4 Å². The summed E-state index contributed by atoms with van der Waals surface area (Å²) in [6, 6.07) is 9.85. The molecule has 3 rings (SSSR count). The second kappa shape index (κ2) is 10.4. The number of likely N-dealkylation sites (tertiary alicyclic amines) is 1. The maximum absolute atomic E-state index is 12.6. The largest absolute Gasteiger partial charge is 0.482 e. The molecular weight excluding hydrogens is 452 g/mol. The van der Waals surface area contributed by atoms with Crippen LogP contribution in [0.5, 0.6) is 5.75 Å². The lowest BCUT2D eigenvalue weighted by molar-refractivity contribution is -0.156. The molecular formula is C22H28N2O6S2. The summed E-state index contributed by atoms with van der Waals surface area (Å²) in [5.74, 6) is -0.452. The Morgan fingerprint density at radius 3 is 2.34 bits per heavy atom. The maximum Gasteiger partial charge on any atom is 0.344 e. The van der Waals surface area contributed by atoms with E-state index in [1.54, 1.807) is 46.7 Å². The monoisotopic (exact) mass is 480 g/mol. The van der Waals surface area contributed by atoms with E-state index in [2.05, 4.69) is 0 Å². The van der Waals surface area contributed by atoms with Crippen molar-refractivity contribution in [2.24, 2.45) is 0 Å². The van der Waals surface area contributed by atoms with E-state index in [1.807, 2.05) is 13.8 Å². The van der Waals surface area contributed by atoms with Crippen LogP contribution in [0.4, 0.5) is 5.69 Å². The van der Waals surface area contributed by atoms with Gasteiger partial charge in [-0.05, 0) is 68.8 Å². The van der Waals surface area contributed by atoms with Crippen LogP contribution < -0.4 is 9.04 Å². The highest BCUT2D eigenvalue weighted by atomic mass is 32.2. The molecule has 0 saturated carbocycles. The summed E-state index contributed by atoms with van der Waals surface area (Å²) in [7, 11) is -2.14. The zero-order valence-corrected chi connectivity index (χ0v) is 20.0. The number of thiophene rings is 1. The third kappa shape index (κ3) is 5.60. The molecule has 1 saturated heterocycles. The van der Waals surface area contributed by atoms with Crippen molar-refractivity contribution in [3.05, 3.63) is 41.8 Å². The first-order valence-electron chi connectivity index (χ1n) is 10.4. The fraction of sp³-hybridized carbons (Fsp3) is 0.455. The highest BCUT2D eigenvalue weighted by Gasteiger charge is 2.29.